The molecule has 0 aromatic carbocycles. The summed E-state index contributed by atoms with van der Waals surface area (Å²) in [6, 6.07) is 3.70. The fourth-order valence-corrected chi connectivity index (χ4v) is 3.67. The highest BCUT2D eigenvalue weighted by Gasteiger charge is 2.26. The third-order valence-corrected chi connectivity index (χ3v) is 5.46. The molecule has 0 aliphatic heterocycles. The van der Waals surface area contributed by atoms with Crippen LogP contribution in [0.1, 0.15) is 31.7 Å². The molecule has 0 radical (unpaired) electrons. The number of nitrogens with one attached hydrogen (secondary N) is 1. The minimum atomic E-state index is -3.35. The van der Waals surface area contributed by atoms with Crippen LogP contribution in [-0.2, 0) is 10.0 Å². The molecule has 17 heavy (non-hydrogen) atoms. The van der Waals surface area contributed by atoms with Crippen molar-refractivity contribution >= 4 is 21.4 Å². The van der Waals surface area contributed by atoms with E-state index in [2.05, 4.69) is 4.72 Å². The van der Waals surface area contributed by atoms with Gasteiger partial charge in [0.05, 0.1) is 11.3 Å². The Morgan fingerprint density at radius 3 is 2.47 bits per heavy atom. The Morgan fingerprint density at radius 2 is 2.06 bits per heavy atom. The first-order chi connectivity index (χ1) is 7.88. The van der Waals surface area contributed by atoms with Gasteiger partial charge in [0.1, 0.15) is 0 Å². The normalized spacial score (nSPS) is 16.1. The molecule has 1 heterocycles. The standard InChI is InChI=1S/C11H20N2O2S2/c1-8(2)11(10-5-4-6-16-10)13-17(14,15)9(3)7-12/h4-6,8-9,11,13H,7,12H2,1-3H3. The smallest absolute Gasteiger partial charge is 0.216 e. The first-order valence-corrected chi connectivity index (χ1v) is 8.05. The van der Waals surface area contributed by atoms with Crippen molar-refractivity contribution in [3.8, 4) is 0 Å². The van der Waals surface area contributed by atoms with Crippen LogP contribution in [0.4, 0.5) is 0 Å². The summed E-state index contributed by atoms with van der Waals surface area (Å²) in [6.07, 6.45) is 0. The Labute approximate surface area is 107 Å². The van der Waals surface area contributed by atoms with Gasteiger partial charge in [-0.3, -0.25) is 0 Å². The summed E-state index contributed by atoms with van der Waals surface area (Å²) < 4.78 is 26.7. The number of hydrogen-bond donors (Lipinski definition) is 2. The fourth-order valence-electron chi connectivity index (χ4n) is 1.41. The maximum atomic E-state index is 12.0. The van der Waals surface area contributed by atoms with Crippen molar-refractivity contribution in [1.82, 2.24) is 4.72 Å². The van der Waals surface area contributed by atoms with Gasteiger partial charge in [0.25, 0.3) is 0 Å². The predicted molar refractivity (Wildman–Crippen MR) is 72.5 cm³/mol. The highest BCUT2D eigenvalue weighted by Crippen LogP contribution is 2.26. The quantitative estimate of drug-likeness (QED) is 0.831. The summed E-state index contributed by atoms with van der Waals surface area (Å²) in [7, 11) is -3.35. The molecule has 98 valence electrons. The third kappa shape index (κ3) is 3.77. The molecule has 1 rings (SSSR count). The maximum absolute atomic E-state index is 12.0. The molecule has 0 spiro atoms. The van der Waals surface area contributed by atoms with E-state index in [4.69, 9.17) is 5.73 Å². The maximum Gasteiger partial charge on any atom is 0.216 e. The summed E-state index contributed by atoms with van der Waals surface area (Å²) in [5.74, 6) is 0.202. The van der Waals surface area contributed by atoms with Crippen molar-refractivity contribution < 1.29 is 8.42 Å². The van der Waals surface area contributed by atoms with Crippen LogP contribution in [0.3, 0.4) is 0 Å². The Morgan fingerprint density at radius 1 is 1.41 bits per heavy atom. The lowest BCUT2D eigenvalue weighted by atomic mass is 10.0. The lowest BCUT2D eigenvalue weighted by Gasteiger charge is -2.23. The van der Waals surface area contributed by atoms with E-state index in [1.807, 2.05) is 31.4 Å². The van der Waals surface area contributed by atoms with Gasteiger partial charge in [-0.1, -0.05) is 19.9 Å². The van der Waals surface area contributed by atoms with Crippen molar-refractivity contribution in [3.05, 3.63) is 22.4 Å². The van der Waals surface area contributed by atoms with Gasteiger partial charge in [-0.15, -0.1) is 11.3 Å². The molecule has 3 N–H and O–H groups in total. The van der Waals surface area contributed by atoms with Crippen LogP contribution in [0.15, 0.2) is 17.5 Å². The van der Waals surface area contributed by atoms with E-state index in [0.29, 0.717) is 0 Å². The fraction of sp³-hybridized carbons (Fsp3) is 0.636. The van der Waals surface area contributed by atoms with Crippen molar-refractivity contribution in [2.45, 2.75) is 32.1 Å². The molecule has 0 bridgehead atoms. The second-order valence-electron chi connectivity index (χ2n) is 4.45. The Hall–Kier alpha value is -0.430. The third-order valence-electron chi connectivity index (χ3n) is 2.67. The highest BCUT2D eigenvalue weighted by molar-refractivity contribution is 7.90. The van der Waals surface area contributed by atoms with E-state index in [9.17, 15) is 8.42 Å². The average molecular weight is 276 g/mol. The van der Waals surface area contributed by atoms with Gasteiger partial charge >= 0.3 is 0 Å². The van der Waals surface area contributed by atoms with Crippen LogP contribution in [0.5, 0.6) is 0 Å². The molecule has 0 fully saturated rings. The molecule has 0 saturated heterocycles. The predicted octanol–water partition coefficient (Wildman–Crippen LogP) is 1.71. The lowest BCUT2D eigenvalue weighted by Crippen LogP contribution is -2.40. The van der Waals surface area contributed by atoms with Crippen LogP contribution in [-0.4, -0.2) is 20.2 Å². The molecule has 2 atom stereocenters. The van der Waals surface area contributed by atoms with E-state index in [-0.39, 0.29) is 18.5 Å². The molecule has 0 amide bonds. The molecule has 0 saturated carbocycles. The van der Waals surface area contributed by atoms with Gasteiger partial charge in [-0.2, -0.15) is 0 Å². The topological polar surface area (TPSA) is 72.2 Å². The summed E-state index contributed by atoms with van der Waals surface area (Å²) in [6.45, 7) is 5.75. The summed E-state index contributed by atoms with van der Waals surface area (Å²) in [5, 5.41) is 1.38. The summed E-state index contributed by atoms with van der Waals surface area (Å²) in [5.41, 5.74) is 5.41. The van der Waals surface area contributed by atoms with Crippen LogP contribution in [0.2, 0.25) is 0 Å². The largest absolute Gasteiger partial charge is 0.329 e. The van der Waals surface area contributed by atoms with Gasteiger partial charge in [0.15, 0.2) is 0 Å². The van der Waals surface area contributed by atoms with Crippen LogP contribution in [0, 0.1) is 5.92 Å². The second kappa shape index (κ2) is 5.95. The molecule has 0 aliphatic carbocycles. The van der Waals surface area contributed by atoms with Gasteiger partial charge < -0.3 is 5.73 Å². The van der Waals surface area contributed by atoms with Gasteiger partial charge in [-0.05, 0) is 24.3 Å². The molecule has 6 heteroatoms. The van der Waals surface area contributed by atoms with E-state index in [1.54, 1.807) is 18.3 Å². The van der Waals surface area contributed by atoms with Crippen LogP contribution < -0.4 is 10.5 Å². The van der Waals surface area contributed by atoms with E-state index >= 15 is 0 Å². The lowest BCUT2D eigenvalue weighted by molar-refractivity contribution is 0.465. The van der Waals surface area contributed by atoms with Gasteiger partial charge in [0.2, 0.25) is 10.0 Å². The number of hydrogen-bond acceptors (Lipinski definition) is 4. The van der Waals surface area contributed by atoms with E-state index < -0.39 is 15.3 Å². The number of thiophene rings is 1. The van der Waals surface area contributed by atoms with Gasteiger partial charge in [-0.25, -0.2) is 13.1 Å². The second-order valence-corrected chi connectivity index (χ2v) is 7.56. The Balaban J connectivity index is 2.89. The molecule has 4 nitrogen and oxygen atoms in total. The summed E-state index contributed by atoms with van der Waals surface area (Å²) in [4.78, 5) is 1.03. The average Bonchev–Trinajstić information content (AvgIpc) is 2.77. The molecular formula is C11H20N2O2S2. The molecule has 2 unspecified atom stereocenters. The van der Waals surface area contributed by atoms with Crippen LogP contribution >= 0.6 is 11.3 Å². The summed E-state index contributed by atoms with van der Waals surface area (Å²) >= 11 is 1.56. The Bertz CT molecular complexity index is 426. The molecule has 1 aromatic rings. The van der Waals surface area contributed by atoms with E-state index in [1.165, 1.54) is 0 Å². The zero-order valence-electron chi connectivity index (χ0n) is 10.4. The first kappa shape index (κ1) is 14.6. The highest BCUT2D eigenvalue weighted by atomic mass is 32.2. The van der Waals surface area contributed by atoms with Crippen molar-refractivity contribution in [2.75, 3.05) is 6.54 Å². The number of rotatable bonds is 6. The zero-order valence-corrected chi connectivity index (χ0v) is 12.0. The van der Waals surface area contributed by atoms with Gasteiger partial charge in [0, 0.05) is 11.4 Å². The van der Waals surface area contributed by atoms with Crippen molar-refractivity contribution in [3.63, 3.8) is 0 Å². The Kier molecular flexibility index (Phi) is 5.12. The SMILES string of the molecule is CC(C)C(NS(=O)(=O)C(C)CN)c1cccs1. The monoisotopic (exact) mass is 276 g/mol. The molecule has 1 aromatic heterocycles. The minimum absolute atomic E-state index is 0.130. The van der Waals surface area contributed by atoms with Crippen LogP contribution in [0.25, 0.3) is 0 Å². The minimum Gasteiger partial charge on any atom is -0.329 e. The molecule has 0 aliphatic rings. The van der Waals surface area contributed by atoms with E-state index in [0.717, 1.165) is 4.88 Å². The van der Waals surface area contributed by atoms with Crippen molar-refractivity contribution in [1.29, 1.82) is 0 Å². The first-order valence-electron chi connectivity index (χ1n) is 5.63. The van der Waals surface area contributed by atoms with Crippen molar-refractivity contribution in [2.24, 2.45) is 11.7 Å². The number of sulfonamides is 1. The molecular weight excluding hydrogens is 256 g/mol. The number of nitrogens with two attached hydrogens (primary N) is 1. The zero-order chi connectivity index (χ0) is 13.1.